The Morgan fingerprint density at radius 2 is 1.40 bits per heavy atom. The van der Waals surface area contributed by atoms with Gasteiger partial charge in [-0.2, -0.15) is 0 Å². The zero-order valence-corrected chi connectivity index (χ0v) is 36.0. The summed E-state index contributed by atoms with van der Waals surface area (Å²) in [7, 11) is 0. The summed E-state index contributed by atoms with van der Waals surface area (Å²) in [5, 5.41) is 15.2. The molecule has 0 saturated heterocycles. The third kappa shape index (κ3) is 13.8. The summed E-state index contributed by atoms with van der Waals surface area (Å²) in [6.45, 7) is 1.72. The fourth-order valence-corrected chi connectivity index (χ4v) is 8.99. The van der Waals surface area contributed by atoms with E-state index in [0.29, 0.717) is 37.5 Å². The first-order valence-electron chi connectivity index (χ1n) is 22.3. The number of nitrogens with zero attached hydrogens (tertiary/aromatic N) is 1. The van der Waals surface area contributed by atoms with E-state index in [9.17, 15) is 28.8 Å². The molecular formula is C46H66N10O6. The number of guanidine groups is 1. The monoisotopic (exact) mass is 855 g/mol. The summed E-state index contributed by atoms with van der Waals surface area (Å²) in [4.78, 5) is 89.2. The fourth-order valence-electron chi connectivity index (χ4n) is 8.99. The van der Waals surface area contributed by atoms with Gasteiger partial charge in [-0.05, 0) is 74.0 Å². The minimum atomic E-state index is -1.20. The van der Waals surface area contributed by atoms with Gasteiger partial charge < -0.3 is 48.8 Å². The van der Waals surface area contributed by atoms with E-state index in [4.69, 9.17) is 17.2 Å². The van der Waals surface area contributed by atoms with Crippen molar-refractivity contribution in [1.29, 1.82) is 0 Å². The van der Waals surface area contributed by atoms with E-state index in [1.54, 1.807) is 6.20 Å². The van der Waals surface area contributed by atoms with Crippen LogP contribution in [0.3, 0.4) is 0 Å². The highest BCUT2D eigenvalue weighted by atomic mass is 16.2. The molecule has 0 bridgehead atoms. The van der Waals surface area contributed by atoms with Crippen LogP contribution in [0.1, 0.15) is 108 Å². The van der Waals surface area contributed by atoms with E-state index in [-0.39, 0.29) is 44.1 Å². The van der Waals surface area contributed by atoms with Gasteiger partial charge in [0.25, 0.3) is 0 Å². The molecule has 6 amide bonds. The molecule has 0 radical (unpaired) electrons. The SMILES string of the molecule is CCCCC(=O)NC1(C(=O)N[C@H](Cc2ccccc2)C(=O)N[C@@H](CCCN=C(N)N)C(=O)N[C@@H](Cc2c[nH]c3ccccc23)C(=O)NCC(N)=O)CCC(C2CCCCC2)CC1. The topological polar surface area (TPSA) is 269 Å². The number of aromatic amines is 1. The molecule has 2 fully saturated rings. The van der Waals surface area contributed by atoms with Gasteiger partial charge in [0.05, 0.1) is 6.54 Å². The van der Waals surface area contributed by atoms with Gasteiger partial charge in [-0.1, -0.05) is 94.0 Å². The molecule has 5 rings (SSSR count). The van der Waals surface area contributed by atoms with Gasteiger partial charge in [0.15, 0.2) is 5.96 Å². The van der Waals surface area contributed by atoms with Crippen molar-refractivity contribution >= 4 is 52.3 Å². The second-order valence-corrected chi connectivity index (χ2v) is 17.0. The second-order valence-electron chi connectivity index (χ2n) is 17.0. The van der Waals surface area contributed by atoms with Crippen LogP contribution in [0.25, 0.3) is 10.9 Å². The zero-order valence-electron chi connectivity index (χ0n) is 36.0. The molecule has 2 saturated carbocycles. The Hall–Kier alpha value is -5.93. The van der Waals surface area contributed by atoms with E-state index >= 15 is 0 Å². The molecule has 1 heterocycles. The summed E-state index contributed by atoms with van der Waals surface area (Å²) in [6, 6.07) is 13.2. The quantitative estimate of drug-likeness (QED) is 0.0411. The molecule has 1 aromatic heterocycles. The maximum absolute atomic E-state index is 14.7. The van der Waals surface area contributed by atoms with Crippen LogP contribution in [0, 0.1) is 11.8 Å². The molecule has 3 atom stereocenters. The van der Waals surface area contributed by atoms with E-state index < -0.39 is 59.7 Å². The molecule has 3 aromatic rings. The Labute approximate surface area is 364 Å². The van der Waals surface area contributed by atoms with Crippen LogP contribution in [0.5, 0.6) is 0 Å². The number of unbranched alkanes of at least 4 members (excludes halogenated alkanes) is 1. The summed E-state index contributed by atoms with van der Waals surface area (Å²) in [6.07, 6.45) is 12.7. The first-order chi connectivity index (χ1) is 29.9. The number of aromatic nitrogens is 1. The molecule has 2 aliphatic carbocycles. The van der Waals surface area contributed by atoms with Crippen molar-refractivity contribution in [3.8, 4) is 0 Å². The van der Waals surface area contributed by atoms with Crippen molar-refractivity contribution in [2.24, 2.45) is 34.0 Å². The van der Waals surface area contributed by atoms with Crippen LogP contribution < -0.4 is 43.8 Å². The summed E-state index contributed by atoms with van der Waals surface area (Å²) in [5.74, 6) is -2.37. The maximum atomic E-state index is 14.7. The van der Waals surface area contributed by atoms with Gasteiger partial charge in [-0.3, -0.25) is 33.8 Å². The lowest BCUT2D eigenvalue weighted by atomic mass is 9.68. The number of fused-ring (bicyclic) bond motifs is 1. The Bertz CT molecular complexity index is 2000. The number of para-hydroxylation sites is 1. The minimum absolute atomic E-state index is 0.0510. The average Bonchev–Trinajstić information content (AvgIpc) is 3.68. The van der Waals surface area contributed by atoms with Gasteiger partial charge >= 0.3 is 0 Å². The number of H-pyrrole nitrogens is 1. The highest BCUT2D eigenvalue weighted by Gasteiger charge is 2.45. The highest BCUT2D eigenvalue weighted by molar-refractivity contribution is 5.97. The number of aliphatic imine (C=N–C) groups is 1. The molecule has 62 heavy (non-hydrogen) atoms. The van der Waals surface area contributed by atoms with Crippen LogP contribution in [0.2, 0.25) is 0 Å². The van der Waals surface area contributed by atoms with E-state index in [1.807, 2.05) is 61.5 Å². The van der Waals surface area contributed by atoms with Crippen molar-refractivity contribution < 1.29 is 28.8 Å². The van der Waals surface area contributed by atoms with E-state index in [0.717, 1.165) is 41.3 Å². The average molecular weight is 855 g/mol. The number of carbonyl (C=O) groups excluding carboxylic acids is 6. The standard InChI is InChI=1S/C46H66N10O6/c1-2-3-20-40(58)56-46(23-21-32(22-24-46)31-15-8-5-9-16-31)44(62)55-37(26-30-13-6-4-7-14-30)43(61)53-36(19-12-25-50-45(48)49)42(60)54-38(41(59)52-29-39(47)57)27-33-28-51-35-18-11-10-17-34(33)35/h4,6-7,10-11,13-14,17-18,28,31-32,36-38,51H,2-3,5,8-9,12,15-16,19-27,29H2,1H3,(H2,47,57)(H,52,59)(H,53,61)(H,54,60)(H,55,62)(H,56,58)(H4,48,49,50)/t32?,36-,37+,38-,46?/m0/s1. The number of amides is 6. The minimum Gasteiger partial charge on any atom is -0.370 e. The first-order valence-corrected chi connectivity index (χ1v) is 22.3. The predicted molar refractivity (Wildman–Crippen MR) is 239 cm³/mol. The zero-order chi connectivity index (χ0) is 44.5. The number of carbonyl (C=O) groups is 6. The summed E-state index contributed by atoms with van der Waals surface area (Å²) < 4.78 is 0. The Morgan fingerprint density at radius 1 is 0.758 bits per heavy atom. The number of primary amides is 1. The number of rotatable bonds is 22. The molecule has 0 aliphatic heterocycles. The molecule has 0 unspecified atom stereocenters. The third-order valence-corrected chi connectivity index (χ3v) is 12.4. The molecule has 336 valence electrons. The van der Waals surface area contributed by atoms with E-state index in [1.165, 1.54) is 32.1 Å². The number of nitrogens with two attached hydrogens (primary N) is 3. The number of nitrogens with one attached hydrogen (secondary N) is 6. The summed E-state index contributed by atoms with van der Waals surface area (Å²) in [5.41, 5.74) is 17.6. The second kappa shape index (κ2) is 23.3. The van der Waals surface area contributed by atoms with Crippen molar-refractivity contribution in [2.45, 2.75) is 133 Å². The van der Waals surface area contributed by atoms with Gasteiger partial charge in [0, 0.05) is 42.9 Å². The number of hydrogen-bond donors (Lipinski definition) is 9. The molecule has 16 heteroatoms. The van der Waals surface area contributed by atoms with Gasteiger partial charge in [-0.15, -0.1) is 0 Å². The van der Waals surface area contributed by atoms with Crippen molar-refractivity contribution in [2.75, 3.05) is 13.1 Å². The van der Waals surface area contributed by atoms with Gasteiger partial charge in [-0.25, -0.2) is 0 Å². The van der Waals surface area contributed by atoms with Crippen LogP contribution in [-0.4, -0.2) is 83.1 Å². The van der Waals surface area contributed by atoms with Crippen LogP contribution in [0.4, 0.5) is 0 Å². The lowest BCUT2D eigenvalue weighted by Crippen LogP contribution is -2.64. The first kappa shape index (κ1) is 47.1. The predicted octanol–water partition coefficient (Wildman–Crippen LogP) is 2.88. The molecule has 0 spiro atoms. The van der Waals surface area contributed by atoms with Crippen molar-refractivity contribution in [3.05, 3.63) is 71.9 Å². The maximum Gasteiger partial charge on any atom is 0.246 e. The lowest BCUT2D eigenvalue weighted by Gasteiger charge is -2.43. The largest absolute Gasteiger partial charge is 0.370 e. The summed E-state index contributed by atoms with van der Waals surface area (Å²) >= 11 is 0. The number of benzene rings is 2. The van der Waals surface area contributed by atoms with Gasteiger partial charge in [0.2, 0.25) is 35.4 Å². The Morgan fingerprint density at radius 3 is 2.10 bits per heavy atom. The fraction of sp³-hybridized carbons (Fsp3) is 0.543. The Balaban J connectivity index is 1.40. The van der Waals surface area contributed by atoms with Crippen LogP contribution in [0.15, 0.2) is 65.8 Å². The van der Waals surface area contributed by atoms with Crippen molar-refractivity contribution in [3.63, 3.8) is 0 Å². The number of hydrogen-bond acceptors (Lipinski definition) is 7. The normalized spacial score (nSPS) is 19.3. The lowest BCUT2D eigenvalue weighted by molar-refractivity contribution is -0.138. The highest BCUT2D eigenvalue weighted by Crippen LogP contribution is 2.41. The van der Waals surface area contributed by atoms with Crippen LogP contribution >= 0.6 is 0 Å². The molecule has 2 aromatic carbocycles. The molecule has 2 aliphatic rings. The van der Waals surface area contributed by atoms with Crippen molar-refractivity contribution in [1.82, 2.24) is 31.6 Å². The van der Waals surface area contributed by atoms with Crippen LogP contribution in [-0.2, 0) is 41.6 Å². The smallest absolute Gasteiger partial charge is 0.246 e. The van der Waals surface area contributed by atoms with E-state index in [2.05, 4.69) is 36.6 Å². The Kier molecular flexibility index (Phi) is 17.7. The molecule has 16 nitrogen and oxygen atoms in total. The molecule has 12 N–H and O–H groups in total. The third-order valence-electron chi connectivity index (χ3n) is 12.4. The van der Waals surface area contributed by atoms with Gasteiger partial charge in [0.1, 0.15) is 23.7 Å². The molecular weight excluding hydrogens is 789 g/mol.